The molecule has 1 atom stereocenters. The Balaban J connectivity index is 2.21. The number of rotatable bonds is 4. The zero-order chi connectivity index (χ0) is 14.0. The number of fused-ring (bicyclic) bond motifs is 1. The zero-order valence-corrected chi connectivity index (χ0v) is 11.6. The fourth-order valence-electron chi connectivity index (χ4n) is 1.59. The largest absolute Gasteiger partial charge is 0.357 e. The van der Waals surface area contributed by atoms with Crippen LogP contribution in [0.15, 0.2) is 6.33 Å². The average Bonchev–Trinajstić information content (AvgIpc) is 2.75. The number of amides is 1. The van der Waals surface area contributed by atoms with Crippen LogP contribution in [0.4, 0.5) is 5.82 Å². The van der Waals surface area contributed by atoms with Gasteiger partial charge in [-0.2, -0.15) is 9.97 Å². The first-order valence-corrected chi connectivity index (χ1v) is 6.28. The summed E-state index contributed by atoms with van der Waals surface area (Å²) in [4.78, 5) is 26.8. The van der Waals surface area contributed by atoms with Gasteiger partial charge >= 0.3 is 0 Å². The van der Waals surface area contributed by atoms with Gasteiger partial charge in [0.1, 0.15) is 11.6 Å². The first kappa shape index (κ1) is 13.5. The molecule has 3 N–H and O–H groups in total. The number of aromatic nitrogens is 4. The van der Waals surface area contributed by atoms with Crippen molar-refractivity contribution in [3.8, 4) is 0 Å². The minimum atomic E-state index is -0.445. The second-order valence-electron chi connectivity index (χ2n) is 4.47. The molecule has 19 heavy (non-hydrogen) atoms. The molecule has 0 saturated heterocycles. The van der Waals surface area contributed by atoms with Crippen molar-refractivity contribution in [1.82, 2.24) is 25.3 Å². The SMILES string of the molecule is CC(C)NC(=O)C(C)Nc1nc(Cl)nc2nc[nH]c12. The van der Waals surface area contributed by atoms with Crippen LogP contribution in [-0.2, 0) is 4.79 Å². The minimum Gasteiger partial charge on any atom is -0.357 e. The first-order chi connectivity index (χ1) is 8.97. The number of nitrogens with one attached hydrogen (secondary N) is 3. The molecule has 1 unspecified atom stereocenters. The van der Waals surface area contributed by atoms with Crippen LogP contribution in [-0.4, -0.2) is 37.9 Å². The fourth-order valence-corrected chi connectivity index (χ4v) is 1.76. The van der Waals surface area contributed by atoms with Gasteiger partial charge in [0.2, 0.25) is 11.2 Å². The molecule has 1 amide bonds. The van der Waals surface area contributed by atoms with E-state index in [1.165, 1.54) is 6.33 Å². The van der Waals surface area contributed by atoms with Gasteiger partial charge in [-0.3, -0.25) is 4.79 Å². The Morgan fingerprint density at radius 2 is 2.11 bits per heavy atom. The van der Waals surface area contributed by atoms with Crippen molar-refractivity contribution in [2.75, 3.05) is 5.32 Å². The zero-order valence-electron chi connectivity index (χ0n) is 10.9. The van der Waals surface area contributed by atoms with Crippen molar-refractivity contribution in [1.29, 1.82) is 0 Å². The summed E-state index contributed by atoms with van der Waals surface area (Å²) in [5, 5.41) is 5.90. The molecule has 2 rings (SSSR count). The molecule has 0 saturated carbocycles. The molecule has 102 valence electrons. The van der Waals surface area contributed by atoms with E-state index in [4.69, 9.17) is 11.6 Å². The topological polar surface area (TPSA) is 95.6 Å². The summed E-state index contributed by atoms with van der Waals surface area (Å²) < 4.78 is 0. The van der Waals surface area contributed by atoms with Crippen LogP contribution in [0.1, 0.15) is 20.8 Å². The Morgan fingerprint density at radius 3 is 2.79 bits per heavy atom. The highest BCUT2D eigenvalue weighted by atomic mass is 35.5. The lowest BCUT2D eigenvalue weighted by atomic mass is 10.2. The van der Waals surface area contributed by atoms with E-state index in [0.29, 0.717) is 17.0 Å². The van der Waals surface area contributed by atoms with E-state index in [1.54, 1.807) is 6.92 Å². The van der Waals surface area contributed by atoms with E-state index in [2.05, 4.69) is 30.6 Å². The standard InChI is InChI=1S/C11H15ClN6O/c1-5(2)15-10(19)6(3)16-9-7-8(14-4-13-7)17-11(12)18-9/h4-6H,1-3H3,(H,15,19)(H2,13,14,16,17,18). The predicted octanol–water partition coefficient (Wildman–Crippen LogP) is 1.33. The maximum absolute atomic E-state index is 11.8. The van der Waals surface area contributed by atoms with Gasteiger partial charge in [0.25, 0.3) is 0 Å². The van der Waals surface area contributed by atoms with Crippen LogP contribution in [0.3, 0.4) is 0 Å². The molecule has 0 aliphatic rings. The Morgan fingerprint density at radius 1 is 1.37 bits per heavy atom. The maximum atomic E-state index is 11.8. The van der Waals surface area contributed by atoms with Gasteiger partial charge < -0.3 is 15.6 Å². The Hall–Kier alpha value is -1.89. The van der Waals surface area contributed by atoms with Crippen molar-refractivity contribution >= 4 is 34.5 Å². The third kappa shape index (κ3) is 3.11. The van der Waals surface area contributed by atoms with Gasteiger partial charge in [-0.15, -0.1) is 0 Å². The van der Waals surface area contributed by atoms with E-state index in [0.717, 1.165) is 0 Å². The maximum Gasteiger partial charge on any atom is 0.242 e. The molecule has 0 fully saturated rings. The smallest absolute Gasteiger partial charge is 0.242 e. The number of hydrogen-bond acceptors (Lipinski definition) is 5. The van der Waals surface area contributed by atoms with Crippen molar-refractivity contribution in [2.24, 2.45) is 0 Å². The van der Waals surface area contributed by atoms with Crippen molar-refractivity contribution < 1.29 is 4.79 Å². The average molecular weight is 283 g/mol. The molecule has 0 aliphatic heterocycles. The van der Waals surface area contributed by atoms with E-state index < -0.39 is 6.04 Å². The number of H-pyrrole nitrogens is 1. The predicted molar refractivity (Wildman–Crippen MR) is 73.1 cm³/mol. The summed E-state index contributed by atoms with van der Waals surface area (Å²) in [6.45, 7) is 5.55. The van der Waals surface area contributed by atoms with Gasteiger partial charge in [-0.1, -0.05) is 0 Å². The van der Waals surface area contributed by atoms with Crippen LogP contribution in [0.5, 0.6) is 0 Å². The summed E-state index contributed by atoms with van der Waals surface area (Å²) in [7, 11) is 0. The first-order valence-electron chi connectivity index (χ1n) is 5.91. The number of carbonyl (C=O) groups is 1. The molecule has 0 spiro atoms. The fraction of sp³-hybridized carbons (Fsp3) is 0.455. The van der Waals surface area contributed by atoms with E-state index in [-0.39, 0.29) is 17.2 Å². The highest BCUT2D eigenvalue weighted by molar-refractivity contribution is 6.28. The van der Waals surface area contributed by atoms with Crippen LogP contribution in [0, 0.1) is 0 Å². The van der Waals surface area contributed by atoms with Crippen molar-refractivity contribution in [3.05, 3.63) is 11.6 Å². The molecular weight excluding hydrogens is 268 g/mol. The molecule has 8 heteroatoms. The van der Waals surface area contributed by atoms with E-state index >= 15 is 0 Å². The molecule has 0 bridgehead atoms. The lowest BCUT2D eigenvalue weighted by molar-refractivity contribution is -0.122. The third-order valence-electron chi connectivity index (χ3n) is 2.44. The second-order valence-corrected chi connectivity index (χ2v) is 4.81. The number of nitrogens with zero attached hydrogens (tertiary/aromatic N) is 3. The summed E-state index contributed by atoms with van der Waals surface area (Å²) in [6, 6.07) is -0.363. The molecular formula is C11H15ClN6O. The highest BCUT2D eigenvalue weighted by Crippen LogP contribution is 2.19. The van der Waals surface area contributed by atoms with Crippen molar-refractivity contribution in [3.63, 3.8) is 0 Å². The lowest BCUT2D eigenvalue weighted by Crippen LogP contribution is -2.41. The van der Waals surface area contributed by atoms with Gasteiger partial charge in [-0.25, -0.2) is 4.98 Å². The molecule has 0 aliphatic carbocycles. The van der Waals surface area contributed by atoms with Gasteiger partial charge in [0.15, 0.2) is 11.5 Å². The van der Waals surface area contributed by atoms with E-state index in [9.17, 15) is 4.79 Å². The molecule has 0 radical (unpaired) electrons. The van der Waals surface area contributed by atoms with Crippen molar-refractivity contribution in [2.45, 2.75) is 32.9 Å². The molecule has 2 aromatic heterocycles. The van der Waals surface area contributed by atoms with Crippen LogP contribution < -0.4 is 10.6 Å². The summed E-state index contributed by atoms with van der Waals surface area (Å²) in [6.07, 6.45) is 1.50. The number of anilines is 1. The number of halogens is 1. The second kappa shape index (κ2) is 5.40. The van der Waals surface area contributed by atoms with Crippen LogP contribution in [0.2, 0.25) is 5.28 Å². The molecule has 7 nitrogen and oxygen atoms in total. The van der Waals surface area contributed by atoms with E-state index in [1.807, 2.05) is 13.8 Å². The van der Waals surface area contributed by atoms with Crippen LogP contribution >= 0.6 is 11.6 Å². The molecule has 0 aromatic carbocycles. The third-order valence-corrected chi connectivity index (χ3v) is 2.60. The lowest BCUT2D eigenvalue weighted by Gasteiger charge is -2.16. The minimum absolute atomic E-state index is 0.0814. The number of hydrogen-bond donors (Lipinski definition) is 3. The van der Waals surface area contributed by atoms with Gasteiger partial charge in [0, 0.05) is 6.04 Å². The number of carbonyl (C=O) groups excluding carboxylic acids is 1. The Kier molecular flexibility index (Phi) is 3.84. The Bertz CT molecular complexity index is 596. The van der Waals surface area contributed by atoms with Crippen LogP contribution in [0.25, 0.3) is 11.2 Å². The quantitative estimate of drug-likeness (QED) is 0.735. The normalized spacial score (nSPS) is 12.7. The highest BCUT2D eigenvalue weighted by Gasteiger charge is 2.17. The number of aromatic amines is 1. The number of imidazole rings is 1. The van der Waals surface area contributed by atoms with Gasteiger partial charge in [0.05, 0.1) is 6.33 Å². The summed E-state index contributed by atoms with van der Waals surface area (Å²) >= 11 is 5.81. The Labute approximate surface area is 115 Å². The summed E-state index contributed by atoms with van der Waals surface area (Å²) in [5.41, 5.74) is 1.08. The van der Waals surface area contributed by atoms with Gasteiger partial charge in [-0.05, 0) is 32.4 Å². The molecule has 2 heterocycles. The molecule has 2 aromatic rings. The monoisotopic (exact) mass is 282 g/mol. The summed E-state index contributed by atoms with van der Waals surface area (Å²) in [5.74, 6) is 0.344.